The number of hydrogen-bond donors (Lipinski definition) is 1. The molecule has 1 aromatic carbocycles. The SMILES string of the molecule is O=S(c1nc2cc(Cl)c(Cl)cc2[nH]1)C1CCCc2cccnc21. The molecule has 0 saturated carbocycles. The second-order valence-corrected chi connectivity index (χ2v) is 7.92. The molecule has 118 valence electrons. The van der Waals surface area contributed by atoms with Crippen molar-refractivity contribution in [3.05, 3.63) is 51.8 Å². The summed E-state index contributed by atoms with van der Waals surface area (Å²) in [6.07, 6.45) is 4.59. The minimum absolute atomic E-state index is 0.133. The highest BCUT2D eigenvalue weighted by Crippen LogP contribution is 2.35. The smallest absolute Gasteiger partial charge is 0.198 e. The third-order valence-corrected chi connectivity index (χ3v) is 6.37. The first-order chi connectivity index (χ1) is 11.1. The van der Waals surface area contributed by atoms with Crippen molar-refractivity contribution in [1.29, 1.82) is 0 Å². The average Bonchev–Trinajstić information content (AvgIpc) is 2.97. The van der Waals surface area contributed by atoms with Crippen molar-refractivity contribution in [3.8, 4) is 0 Å². The molecule has 1 aliphatic rings. The number of fused-ring (bicyclic) bond motifs is 2. The van der Waals surface area contributed by atoms with Crippen LogP contribution >= 0.6 is 23.2 Å². The molecule has 7 heteroatoms. The van der Waals surface area contributed by atoms with E-state index < -0.39 is 10.8 Å². The second-order valence-electron chi connectivity index (χ2n) is 5.55. The minimum Gasteiger partial charge on any atom is -0.331 e. The fourth-order valence-electron chi connectivity index (χ4n) is 2.99. The third-order valence-electron chi connectivity index (χ3n) is 4.09. The Bertz CT molecular complexity index is 886. The molecule has 2 atom stereocenters. The molecular formula is C16H13Cl2N3OS. The number of halogens is 2. The molecule has 4 nitrogen and oxygen atoms in total. The van der Waals surface area contributed by atoms with Crippen LogP contribution in [0.1, 0.15) is 29.3 Å². The summed E-state index contributed by atoms with van der Waals surface area (Å²) in [6, 6.07) is 7.38. The number of hydrogen-bond acceptors (Lipinski definition) is 3. The van der Waals surface area contributed by atoms with Crippen LogP contribution in [0.25, 0.3) is 11.0 Å². The van der Waals surface area contributed by atoms with Crippen molar-refractivity contribution in [1.82, 2.24) is 15.0 Å². The summed E-state index contributed by atoms with van der Waals surface area (Å²) in [5, 5.41) is 1.20. The summed E-state index contributed by atoms with van der Waals surface area (Å²) >= 11 is 12.0. The highest BCUT2D eigenvalue weighted by Gasteiger charge is 2.29. The van der Waals surface area contributed by atoms with E-state index >= 15 is 0 Å². The highest BCUT2D eigenvalue weighted by atomic mass is 35.5. The molecule has 0 saturated heterocycles. The maximum atomic E-state index is 13.0. The van der Waals surface area contributed by atoms with Gasteiger partial charge in [0.1, 0.15) is 0 Å². The first-order valence-corrected chi connectivity index (χ1v) is 9.29. The lowest BCUT2D eigenvalue weighted by atomic mass is 9.96. The number of benzene rings is 1. The monoisotopic (exact) mass is 365 g/mol. The zero-order valence-corrected chi connectivity index (χ0v) is 14.4. The normalized spacial score (nSPS) is 18.8. The minimum atomic E-state index is -1.29. The molecule has 23 heavy (non-hydrogen) atoms. The molecule has 1 aliphatic carbocycles. The van der Waals surface area contributed by atoms with E-state index in [9.17, 15) is 4.21 Å². The molecule has 0 bridgehead atoms. The van der Waals surface area contributed by atoms with Gasteiger partial charge in [-0.05, 0) is 43.0 Å². The molecule has 2 heterocycles. The predicted molar refractivity (Wildman–Crippen MR) is 92.4 cm³/mol. The topological polar surface area (TPSA) is 58.6 Å². The van der Waals surface area contributed by atoms with Crippen LogP contribution in [0.2, 0.25) is 10.0 Å². The summed E-state index contributed by atoms with van der Waals surface area (Å²) in [5.74, 6) is 0. The average molecular weight is 366 g/mol. The van der Waals surface area contributed by atoms with Crippen molar-refractivity contribution < 1.29 is 4.21 Å². The molecule has 2 aromatic heterocycles. The van der Waals surface area contributed by atoms with Gasteiger partial charge in [-0.25, -0.2) is 4.98 Å². The molecule has 0 amide bonds. The van der Waals surface area contributed by atoms with Crippen molar-refractivity contribution in [2.45, 2.75) is 29.7 Å². The maximum Gasteiger partial charge on any atom is 0.198 e. The van der Waals surface area contributed by atoms with Crippen LogP contribution in [0.5, 0.6) is 0 Å². The number of aryl methyl sites for hydroxylation is 1. The summed E-state index contributed by atoms with van der Waals surface area (Å²) in [7, 11) is -1.29. The largest absolute Gasteiger partial charge is 0.331 e. The zero-order valence-electron chi connectivity index (χ0n) is 12.1. The van der Waals surface area contributed by atoms with Crippen LogP contribution in [-0.4, -0.2) is 19.2 Å². The number of H-pyrrole nitrogens is 1. The molecule has 4 rings (SSSR count). The molecule has 0 aliphatic heterocycles. The van der Waals surface area contributed by atoms with Crippen molar-refractivity contribution >= 4 is 45.0 Å². The van der Waals surface area contributed by atoms with E-state index in [0.29, 0.717) is 20.7 Å². The summed E-state index contributed by atoms with van der Waals surface area (Å²) in [5.41, 5.74) is 3.51. The Labute approximate surface area is 145 Å². The van der Waals surface area contributed by atoms with E-state index in [2.05, 4.69) is 21.0 Å². The van der Waals surface area contributed by atoms with E-state index in [1.54, 1.807) is 18.3 Å². The maximum absolute atomic E-state index is 13.0. The number of nitrogens with zero attached hydrogens (tertiary/aromatic N) is 2. The molecule has 0 radical (unpaired) electrons. The van der Waals surface area contributed by atoms with Gasteiger partial charge in [-0.15, -0.1) is 0 Å². The van der Waals surface area contributed by atoms with Gasteiger partial charge in [-0.2, -0.15) is 0 Å². The van der Waals surface area contributed by atoms with E-state index in [4.69, 9.17) is 23.2 Å². The van der Waals surface area contributed by atoms with Gasteiger partial charge in [-0.1, -0.05) is 29.3 Å². The van der Waals surface area contributed by atoms with Gasteiger partial charge >= 0.3 is 0 Å². The number of imidazole rings is 1. The molecule has 1 N–H and O–H groups in total. The van der Waals surface area contributed by atoms with Crippen LogP contribution < -0.4 is 0 Å². The molecule has 2 unspecified atom stereocenters. The first kappa shape index (κ1) is 15.1. The summed E-state index contributed by atoms with van der Waals surface area (Å²) < 4.78 is 13.0. The highest BCUT2D eigenvalue weighted by molar-refractivity contribution is 7.85. The Morgan fingerprint density at radius 3 is 2.96 bits per heavy atom. The lowest BCUT2D eigenvalue weighted by molar-refractivity contribution is 0.614. The third kappa shape index (κ3) is 2.67. The second kappa shape index (κ2) is 5.89. The van der Waals surface area contributed by atoms with Gasteiger partial charge in [0.25, 0.3) is 0 Å². The molecular weight excluding hydrogens is 353 g/mol. The Kier molecular flexibility index (Phi) is 3.87. The Balaban J connectivity index is 1.75. The predicted octanol–water partition coefficient (Wildman–Crippen LogP) is 4.45. The van der Waals surface area contributed by atoms with Crippen molar-refractivity contribution in [2.75, 3.05) is 0 Å². The summed E-state index contributed by atoms with van der Waals surface area (Å²) in [4.78, 5) is 12.0. The van der Waals surface area contributed by atoms with Crippen LogP contribution in [-0.2, 0) is 17.2 Å². The Morgan fingerprint density at radius 2 is 2.09 bits per heavy atom. The van der Waals surface area contributed by atoms with E-state index in [-0.39, 0.29) is 5.25 Å². The fourth-order valence-corrected chi connectivity index (χ4v) is 4.77. The van der Waals surface area contributed by atoms with Crippen LogP contribution in [0.3, 0.4) is 0 Å². The number of pyridine rings is 1. The van der Waals surface area contributed by atoms with Crippen LogP contribution in [0.15, 0.2) is 35.6 Å². The number of aromatic nitrogens is 3. The fraction of sp³-hybridized carbons (Fsp3) is 0.250. The quantitative estimate of drug-likeness (QED) is 0.729. The molecule has 3 aromatic rings. The van der Waals surface area contributed by atoms with Gasteiger partial charge in [0.15, 0.2) is 5.16 Å². The van der Waals surface area contributed by atoms with Crippen LogP contribution in [0, 0.1) is 0 Å². The van der Waals surface area contributed by atoms with Crippen LogP contribution in [0.4, 0.5) is 0 Å². The number of rotatable bonds is 2. The number of nitrogens with one attached hydrogen (secondary N) is 1. The standard InChI is InChI=1S/C16H13Cl2N3OS/c17-10-7-12-13(8-11(10)18)21-16(20-12)23(22)14-5-1-3-9-4-2-6-19-15(9)14/h2,4,6-8,14H,1,3,5H2,(H,20,21). The van der Waals surface area contributed by atoms with Crippen molar-refractivity contribution in [2.24, 2.45) is 0 Å². The lowest BCUT2D eigenvalue weighted by Gasteiger charge is -2.22. The lowest BCUT2D eigenvalue weighted by Crippen LogP contribution is -2.17. The van der Waals surface area contributed by atoms with Gasteiger partial charge in [0.2, 0.25) is 0 Å². The van der Waals surface area contributed by atoms with E-state index in [0.717, 1.165) is 30.5 Å². The van der Waals surface area contributed by atoms with Gasteiger partial charge < -0.3 is 4.98 Å². The van der Waals surface area contributed by atoms with E-state index in [1.165, 1.54) is 5.56 Å². The molecule has 0 fully saturated rings. The van der Waals surface area contributed by atoms with Gasteiger partial charge in [-0.3, -0.25) is 9.19 Å². The first-order valence-electron chi connectivity index (χ1n) is 7.32. The Hall–Kier alpha value is -1.43. The zero-order chi connectivity index (χ0) is 16.0. The number of aromatic amines is 1. The van der Waals surface area contributed by atoms with Gasteiger partial charge in [0.05, 0.1) is 42.8 Å². The molecule has 0 spiro atoms. The Morgan fingerprint density at radius 1 is 1.26 bits per heavy atom. The summed E-state index contributed by atoms with van der Waals surface area (Å²) in [6.45, 7) is 0. The van der Waals surface area contributed by atoms with E-state index in [1.807, 2.05) is 6.07 Å². The van der Waals surface area contributed by atoms with Crippen molar-refractivity contribution in [3.63, 3.8) is 0 Å². The van der Waals surface area contributed by atoms with Gasteiger partial charge in [0, 0.05) is 6.20 Å².